The fourth-order valence-corrected chi connectivity index (χ4v) is 4.55. The molecular weight excluding hydrogens is 492 g/mol. The number of aliphatic hydroxyl groups excluding tert-OH is 1. The van der Waals surface area contributed by atoms with Gasteiger partial charge < -0.3 is 21.5 Å². The van der Waals surface area contributed by atoms with E-state index in [-0.39, 0.29) is 28.2 Å². The normalized spacial score (nSPS) is 16.9. The van der Waals surface area contributed by atoms with E-state index in [0.29, 0.717) is 47.8 Å². The van der Waals surface area contributed by atoms with Gasteiger partial charge in [-0.25, -0.2) is 9.67 Å². The molecule has 0 saturated heterocycles. The van der Waals surface area contributed by atoms with Gasteiger partial charge in [-0.05, 0) is 55.7 Å². The molecule has 0 spiro atoms. The van der Waals surface area contributed by atoms with E-state index in [0.717, 1.165) is 0 Å². The largest absolute Gasteiger partial charge is 0.393 e. The lowest BCUT2D eigenvalue weighted by Crippen LogP contribution is -2.33. The Balaban J connectivity index is 1.44. The number of benzene rings is 2. The highest BCUT2D eigenvalue weighted by atomic mass is 35.5. The van der Waals surface area contributed by atoms with Crippen LogP contribution in [0.1, 0.15) is 40.1 Å². The first-order valence-corrected chi connectivity index (χ1v) is 12.2. The van der Waals surface area contributed by atoms with Gasteiger partial charge >= 0.3 is 0 Å². The number of carbonyl (C=O) groups excluding carboxylic acids is 2. The third kappa shape index (κ3) is 5.47. The van der Waals surface area contributed by atoms with Crippen LogP contribution in [0.3, 0.4) is 0 Å². The van der Waals surface area contributed by atoms with E-state index in [2.05, 4.69) is 20.7 Å². The Morgan fingerprint density at radius 2 is 1.81 bits per heavy atom. The lowest BCUT2D eigenvalue weighted by molar-refractivity contribution is 0.0927. The molecule has 1 aliphatic carbocycles. The number of nitrogen functional groups attached to an aromatic ring is 1. The molecule has 2 amide bonds. The van der Waals surface area contributed by atoms with Crippen molar-refractivity contribution in [2.24, 2.45) is 0 Å². The average molecular weight is 517 g/mol. The van der Waals surface area contributed by atoms with Crippen LogP contribution in [0.4, 0.5) is 11.6 Å². The summed E-state index contributed by atoms with van der Waals surface area (Å²) in [5.74, 6) is -0.185. The van der Waals surface area contributed by atoms with Crippen LogP contribution >= 0.6 is 11.6 Å². The second-order valence-corrected chi connectivity index (χ2v) is 9.30. The number of nitrogens with zero attached hydrogens (tertiary/aromatic N) is 3. The number of hydrogen-bond donors (Lipinski definition) is 4. The van der Waals surface area contributed by atoms with Gasteiger partial charge in [0.1, 0.15) is 11.6 Å². The van der Waals surface area contributed by atoms with Crippen molar-refractivity contribution in [1.29, 1.82) is 0 Å². The second kappa shape index (κ2) is 10.4. The van der Waals surface area contributed by atoms with Gasteiger partial charge in [0.05, 0.1) is 28.1 Å². The van der Waals surface area contributed by atoms with Crippen LogP contribution in [0.25, 0.3) is 16.9 Å². The zero-order chi connectivity index (χ0) is 25.9. The van der Waals surface area contributed by atoms with E-state index in [4.69, 9.17) is 17.3 Å². The molecule has 0 bridgehead atoms. The van der Waals surface area contributed by atoms with Crippen molar-refractivity contribution in [2.45, 2.75) is 31.4 Å². The second-order valence-electron chi connectivity index (χ2n) is 8.90. The number of hydrogen-bond acceptors (Lipinski definition) is 6. The van der Waals surface area contributed by atoms with Crippen LogP contribution in [-0.2, 0) is 0 Å². The van der Waals surface area contributed by atoms with Gasteiger partial charge in [0.15, 0.2) is 5.69 Å². The van der Waals surface area contributed by atoms with Crippen LogP contribution in [0, 0.1) is 0 Å². The predicted octanol–water partition coefficient (Wildman–Crippen LogP) is 4.07. The predicted molar refractivity (Wildman–Crippen MR) is 142 cm³/mol. The standard InChI is InChI=1S/C27H25ClN6O3/c28-21-12-9-16(22-7-4-8-24(29)31-22)13-20(21)26(36)32-25-15-23(27(37)30-17-10-11-19(35)14-17)33-34(25)18-5-2-1-3-6-18/h1-9,12-13,15,17,19,35H,10-11,14H2,(H2,29,31)(H,30,37)(H,32,36). The summed E-state index contributed by atoms with van der Waals surface area (Å²) in [7, 11) is 0. The molecule has 0 aliphatic heterocycles. The first kappa shape index (κ1) is 24.5. The molecule has 37 heavy (non-hydrogen) atoms. The SMILES string of the molecule is Nc1cccc(-c2ccc(Cl)c(C(=O)Nc3cc(C(=O)NC4CCC(O)C4)nn3-c3ccccc3)c2)n1. The van der Waals surface area contributed by atoms with Crippen molar-refractivity contribution in [3.63, 3.8) is 0 Å². The molecule has 4 aromatic rings. The molecule has 0 radical (unpaired) electrons. The van der Waals surface area contributed by atoms with E-state index in [1.54, 1.807) is 36.4 Å². The van der Waals surface area contributed by atoms with Gasteiger partial charge in [0, 0.05) is 17.7 Å². The summed E-state index contributed by atoms with van der Waals surface area (Å²) in [4.78, 5) is 30.6. The summed E-state index contributed by atoms with van der Waals surface area (Å²) in [6.45, 7) is 0. The minimum absolute atomic E-state index is 0.121. The quantitative estimate of drug-likeness (QED) is 0.305. The van der Waals surface area contributed by atoms with Crippen molar-refractivity contribution in [2.75, 3.05) is 11.1 Å². The number of nitrogens with one attached hydrogen (secondary N) is 2. The van der Waals surface area contributed by atoms with Gasteiger partial charge in [-0.1, -0.05) is 41.9 Å². The van der Waals surface area contributed by atoms with Crippen LogP contribution in [-0.4, -0.2) is 43.8 Å². The minimum Gasteiger partial charge on any atom is -0.393 e. The molecule has 5 rings (SSSR count). The van der Waals surface area contributed by atoms with E-state index in [9.17, 15) is 14.7 Å². The van der Waals surface area contributed by atoms with Gasteiger partial charge in [-0.3, -0.25) is 9.59 Å². The Labute approximate surface area is 218 Å². The molecule has 1 fully saturated rings. The Hall–Kier alpha value is -4.21. The molecule has 188 valence electrons. The van der Waals surface area contributed by atoms with Crippen molar-refractivity contribution in [3.05, 3.63) is 89.1 Å². The summed E-state index contributed by atoms with van der Waals surface area (Å²) in [5.41, 5.74) is 8.14. The van der Waals surface area contributed by atoms with E-state index in [1.165, 1.54) is 10.7 Å². The molecule has 2 aromatic heterocycles. The lowest BCUT2D eigenvalue weighted by atomic mass is 10.1. The average Bonchev–Trinajstić information content (AvgIpc) is 3.50. The third-order valence-corrected chi connectivity index (χ3v) is 6.53. The number of aromatic nitrogens is 3. The summed E-state index contributed by atoms with van der Waals surface area (Å²) in [6, 6.07) is 20.8. The number of nitrogens with two attached hydrogens (primary N) is 1. The minimum atomic E-state index is -0.473. The van der Waals surface area contributed by atoms with Gasteiger partial charge in [-0.15, -0.1) is 0 Å². The summed E-state index contributed by atoms with van der Waals surface area (Å²) >= 11 is 6.38. The van der Waals surface area contributed by atoms with Gasteiger partial charge in [-0.2, -0.15) is 5.10 Å². The smallest absolute Gasteiger partial charge is 0.272 e. The molecule has 1 aliphatic rings. The fourth-order valence-electron chi connectivity index (χ4n) is 4.35. The Morgan fingerprint density at radius 1 is 1.00 bits per heavy atom. The highest BCUT2D eigenvalue weighted by Crippen LogP contribution is 2.27. The number of aliphatic hydroxyl groups is 1. The maximum Gasteiger partial charge on any atom is 0.272 e. The van der Waals surface area contributed by atoms with Gasteiger partial charge in [0.2, 0.25) is 0 Å². The zero-order valence-electron chi connectivity index (χ0n) is 19.8. The molecule has 10 heteroatoms. The van der Waals surface area contributed by atoms with Crippen molar-refractivity contribution in [3.8, 4) is 16.9 Å². The Morgan fingerprint density at radius 3 is 2.54 bits per heavy atom. The third-order valence-electron chi connectivity index (χ3n) is 6.20. The van der Waals surface area contributed by atoms with Gasteiger partial charge in [0.25, 0.3) is 11.8 Å². The summed E-state index contributed by atoms with van der Waals surface area (Å²) in [5, 5.41) is 20.3. The van der Waals surface area contributed by atoms with Crippen molar-refractivity contribution < 1.29 is 14.7 Å². The fraction of sp³-hybridized carbons (Fsp3) is 0.185. The molecule has 2 unspecified atom stereocenters. The van der Waals surface area contributed by atoms with Crippen molar-refractivity contribution in [1.82, 2.24) is 20.1 Å². The van der Waals surface area contributed by atoms with Crippen LogP contribution in [0.15, 0.2) is 72.8 Å². The highest BCUT2D eigenvalue weighted by molar-refractivity contribution is 6.34. The first-order chi connectivity index (χ1) is 17.9. The molecule has 5 N–H and O–H groups in total. The van der Waals surface area contributed by atoms with E-state index < -0.39 is 12.0 Å². The van der Waals surface area contributed by atoms with E-state index >= 15 is 0 Å². The molecule has 2 heterocycles. The number of amides is 2. The number of halogens is 1. The molecule has 2 aromatic carbocycles. The topological polar surface area (TPSA) is 135 Å². The zero-order valence-corrected chi connectivity index (χ0v) is 20.5. The highest BCUT2D eigenvalue weighted by Gasteiger charge is 2.26. The lowest BCUT2D eigenvalue weighted by Gasteiger charge is -2.11. The summed E-state index contributed by atoms with van der Waals surface area (Å²) < 4.78 is 1.49. The molecular formula is C27H25ClN6O3. The first-order valence-electron chi connectivity index (χ1n) is 11.9. The molecule has 2 atom stereocenters. The number of anilines is 2. The number of carbonyl (C=O) groups is 2. The number of rotatable bonds is 6. The monoisotopic (exact) mass is 516 g/mol. The Kier molecular flexibility index (Phi) is 6.89. The summed E-state index contributed by atoms with van der Waals surface area (Å²) in [6.07, 6.45) is 1.44. The van der Waals surface area contributed by atoms with Crippen LogP contribution < -0.4 is 16.4 Å². The van der Waals surface area contributed by atoms with Crippen molar-refractivity contribution >= 4 is 35.1 Å². The van der Waals surface area contributed by atoms with Crippen LogP contribution in [0.2, 0.25) is 5.02 Å². The maximum absolute atomic E-state index is 13.4. The number of pyridine rings is 1. The maximum atomic E-state index is 13.4. The molecule has 1 saturated carbocycles. The van der Waals surface area contributed by atoms with E-state index in [1.807, 2.05) is 30.3 Å². The Bertz CT molecular complexity index is 1460. The number of para-hydroxylation sites is 1. The molecule has 9 nitrogen and oxygen atoms in total. The van der Waals surface area contributed by atoms with Crippen LogP contribution in [0.5, 0.6) is 0 Å².